The van der Waals surface area contributed by atoms with Gasteiger partial charge in [0.1, 0.15) is 17.6 Å². The van der Waals surface area contributed by atoms with Crippen molar-refractivity contribution in [3.8, 4) is 11.5 Å². The number of aliphatic hydroxyl groups is 1. The molecule has 1 aliphatic heterocycles. The van der Waals surface area contributed by atoms with Gasteiger partial charge >= 0.3 is 0 Å². The van der Waals surface area contributed by atoms with Crippen molar-refractivity contribution in [1.82, 2.24) is 9.38 Å². The van der Waals surface area contributed by atoms with Crippen LogP contribution >= 0.6 is 0 Å². The van der Waals surface area contributed by atoms with Gasteiger partial charge in [-0.05, 0) is 42.3 Å². The molecule has 0 bridgehead atoms. The quantitative estimate of drug-likeness (QED) is 0.504. The van der Waals surface area contributed by atoms with Crippen LogP contribution in [0.2, 0.25) is 0 Å². The topological polar surface area (TPSA) is 80.4 Å². The molecule has 0 saturated heterocycles. The van der Waals surface area contributed by atoms with Crippen LogP contribution in [0.1, 0.15) is 22.9 Å². The molecule has 4 aromatic rings. The molecule has 0 fully saturated rings. The zero-order chi connectivity index (χ0) is 22.1. The molecule has 0 aliphatic carbocycles. The molecule has 0 saturated carbocycles. The molecule has 2 aromatic heterocycles. The number of imidazole rings is 1. The third-order valence-corrected chi connectivity index (χ3v) is 5.69. The lowest BCUT2D eigenvalue weighted by atomic mass is 10.00. The van der Waals surface area contributed by atoms with E-state index in [4.69, 9.17) is 19.5 Å². The first-order valence-electron chi connectivity index (χ1n) is 10.4. The second-order valence-corrected chi connectivity index (χ2v) is 7.65. The van der Waals surface area contributed by atoms with Gasteiger partial charge in [0.05, 0.1) is 26.0 Å². The SMILES string of the molecule is COc1ccc(C2=N[C@@H](Cc3ccccc3)C(O)c3c(nc4ccccn34)N2)cc1OC. The molecule has 7 heteroatoms. The largest absolute Gasteiger partial charge is 0.493 e. The van der Waals surface area contributed by atoms with Gasteiger partial charge in [0.2, 0.25) is 0 Å². The summed E-state index contributed by atoms with van der Waals surface area (Å²) in [6, 6.07) is 21.1. The van der Waals surface area contributed by atoms with E-state index < -0.39 is 12.1 Å². The van der Waals surface area contributed by atoms with Crippen molar-refractivity contribution in [3.63, 3.8) is 0 Å². The van der Waals surface area contributed by atoms with E-state index in [0.29, 0.717) is 35.3 Å². The number of pyridine rings is 1. The maximum absolute atomic E-state index is 11.4. The molecule has 0 spiro atoms. The summed E-state index contributed by atoms with van der Waals surface area (Å²) < 4.78 is 12.8. The van der Waals surface area contributed by atoms with E-state index in [1.54, 1.807) is 14.2 Å². The third kappa shape index (κ3) is 3.56. The van der Waals surface area contributed by atoms with Crippen LogP contribution in [0.25, 0.3) is 5.65 Å². The highest BCUT2D eigenvalue weighted by molar-refractivity contribution is 6.09. The third-order valence-electron chi connectivity index (χ3n) is 5.69. The molecule has 1 unspecified atom stereocenters. The van der Waals surface area contributed by atoms with Gasteiger partial charge in [-0.1, -0.05) is 36.4 Å². The molecular weight excluding hydrogens is 404 g/mol. The van der Waals surface area contributed by atoms with Crippen LogP contribution in [0.4, 0.5) is 5.82 Å². The van der Waals surface area contributed by atoms with E-state index in [0.717, 1.165) is 16.8 Å². The number of aliphatic hydroxyl groups excluding tert-OH is 1. The second kappa shape index (κ2) is 8.36. The maximum Gasteiger partial charge on any atom is 0.161 e. The number of nitrogens with zero attached hydrogens (tertiary/aromatic N) is 3. The lowest BCUT2D eigenvalue weighted by molar-refractivity contribution is 0.143. The Morgan fingerprint density at radius 2 is 1.75 bits per heavy atom. The van der Waals surface area contributed by atoms with Crippen LogP contribution in [0.15, 0.2) is 77.9 Å². The number of aromatic nitrogens is 2. The van der Waals surface area contributed by atoms with E-state index in [9.17, 15) is 5.11 Å². The zero-order valence-corrected chi connectivity index (χ0v) is 17.9. The summed E-state index contributed by atoms with van der Waals surface area (Å²) in [5.74, 6) is 2.45. The van der Waals surface area contributed by atoms with E-state index >= 15 is 0 Å². The Morgan fingerprint density at radius 1 is 0.969 bits per heavy atom. The van der Waals surface area contributed by atoms with E-state index in [2.05, 4.69) is 5.32 Å². The van der Waals surface area contributed by atoms with Gasteiger partial charge in [-0.3, -0.25) is 9.39 Å². The Morgan fingerprint density at radius 3 is 2.53 bits per heavy atom. The minimum Gasteiger partial charge on any atom is -0.493 e. The minimum absolute atomic E-state index is 0.408. The number of amidine groups is 1. The van der Waals surface area contributed by atoms with E-state index in [1.165, 1.54) is 0 Å². The molecule has 0 radical (unpaired) electrons. The highest BCUT2D eigenvalue weighted by Crippen LogP contribution is 2.34. The van der Waals surface area contributed by atoms with Crippen molar-refractivity contribution in [2.24, 2.45) is 4.99 Å². The number of benzene rings is 2. The van der Waals surface area contributed by atoms with Crippen molar-refractivity contribution in [2.45, 2.75) is 18.6 Å². The standard InChI is InChI=1S/C25H24N4O3/c1-31-19-12-11-17(15-20(19)32-2)24-26-18(14-16-8-4-3-5-9-16)23(30)22-25(28-24)27-21-10-6-7-13-29(21)22/h3-13,15,18,23,30H,14H2,1-2H3,(H,26,28)/t18-,23?/m0/s1. The van der Waals surface area contributed by atoms with Gasteiger partial charge in [-0.2, -0.15) is 0 Å². The second-order valence-electron chi connectivity index (χ2n) is 7.65. The van der Waals surface area contributed by atoms with Gasteiger partial charge in [-0.25, -0.2) is 4.98 Å². The molecule has 3 heterocycles. The van der Waals surface area contributed by atoms with Gasteiger partial charge < -0.3 is 19.9 Å². The summed E-state index contributed by atoms with van der Waals surface area (Å²) in [4.78, 5) is 9.66. The van der Waals surface area contributed by atoms with Crippen molar-refractivity contribution < 1.29 is 14.6 Å². The molecule has 2 aromatic carbocycles. The zero-order valence-electron chi connectivity index (χ0n) is 17.9. The number of rotatable bonds is 5. The monoisotopic (exact) mass is 428 g/mol. The lowest BCUT2D eigenvalue weighted by Gasteiger charge is -2.19. The van der Waals surface area contributed by atoms with Gasteiger partial charge in [-0.15, -0.1) is 0 Å². The number of aliphatic imine (C=N–C) groups is 1. The van der Waals surface area contributed by atoms with Crippen molar-refractivity contribution in [1.29, 1.82) is 0 Å². The van der Waals surface area contributed by atoms with Crippen LogP contribution in [0.5, 0.6) is 11.5 Å². The Labute approximate surface area is 186 Å². The number of methoxy groups -OCH3 is 2. The van der Waals surface area contributed by atoms with Crippen LogP contribution in [0, 0.1) is 0 Å². The molecule has 5 rings (SSSR count). The fourth-order valence-electron chi connectivity index (χ4n) is 4.10. The van der Waals surface area contributed by atoms with E-state index in [1.807, 2.05) is 77.3 Å². The molecule has 2 atom stereocenters. The number of anilines is 1. The van der Waals surface area contributed by atoms with Crippen LogP contribution < -0.4 is 14.8 Å². The summed E-state index contributed by atoms with van der Waals surface area (Å²) in [7, 11) is 3.21. The number of ether oxygens (including phenoxy) is 2. The summed E-state index contributed by atoms with van der Waals surface area (Å²) in [6.07, 6.45) is 1.65. The number of hydrogen-bond acceptors (Lipinski definition) is 6. The van der Waals surface area contributed by atoms with Crippen LogP contribution in [-0.4, -0.2) is 40.6 Å². The molecule has 1 aliphatic rings. The number of fused-ring (bicyclic) bond motifs is 3. The average Bonchev–Trinajstić information content (AvgIpc) is 3.14. The Balaban J connectivity index is 1.64. The first kappa shape index (κ1) is 20.1. The summed E-state index contributed by atoms with van der Waals surface area (Å²) in [5, 5.41) is 14.8. The average molecular weight is 428 g/mol. The van der Waals surface area contributed by atoms with Gasteiger partial charge in [0.15, 0.2) is 17.3 Å². The summed E-state index contributed by atoms with van der Waals surface area (Å²) >= 11 is 0. The predicted octanol–water partition coefficient (Wildman–Crippen LogP) is 3.87. The number of hydrogen-bond donors (Lipinski definition) is 2. The number of nitrogens with one attached hydrogen (secondary N) is 1. The highest BCUT2D eigenvalue weighted by atomic mass is 16.5. The molecule has 32 heavy (non-hydrogen) atoms. The summed E-state index contributed by atoms with van der Waals surface area (Å²) in [5.41, 5.74) is 3.37. The molecule has 2 N–H and O–H groups in total. The van der Waals surface area contributed by atoms with Gasteiger partial charge in [0, 0.05) is 11.8 Å². The Bertz CT molecular complexity index is 1280. The maximum atomic E-state index is 11.4. The van der Waals surface area contributed by atoms with Crippen LogP contribution in [0.3, 0.4) is 0 Å². The van der Waals surface area contributed by atoms with Crippen molar-refractivity contribution >= 4 is 17.3 Å². The Kier molecular flexibility index (Phi) is 5.25. The fraction of sp³-hybridized carbons (Fsp3) is 0.200. The van der Waals surface area contributed by atoms with E-state index in [-0.39, 0.29) is 0 Å². The normalized spacial score (nSPS) is 17.8. The van der Waals surface area contributed by atoms with Crippen molar-refractivity contribution in [2.75, 3.05) is 19.5 Å². The summed E-state index contributed by atoms with van der Waals surface area (Å²) in [6.45, 7) is 0. The first-order chi connectivity index (χ1) is 15.7. The van der Waals surface area contributed by atoms with Gasteiger partial charge in [0.25, 0.3) is 0 Å². The first-order valence-corrected chi connectivity index (χ1v) is 10.4. The highest BCUT2D eigenvalue weighted by Gasteiger charge is 2.31. The molecule has 0 amide bonds. The Hall–Kier alpha value is -3.84. The van der Waals surface area contributed by atoms with Crippen LogP contribution in [-0.2, 0) is 6.42 Å². The smallest absolute Gasteiger partial charge is 0.161 e. The molecule has 7 nitrogen and oxygen atoms in total. The predicted molar refractivity (Wildman–Crippen MR) is 124 cm³/mol. The molecule has 162 valence electrons. The minimum atomic E-state index is -0.840. The fourth-order valence-corrected chi connectivity index (χ4v) is 4.10. The lowest BCUT2D eigenvalue weighted by Crippen LogP contribution is -2.21. The molecular formula is C25H24N4O3. The van der Waals surface area contributed by atoms with Crippen molar-refractivity contribution in [3.05, 3.63) is 89.7 Å².